The highest BCUT2D eigenvalue weighted by atomic mass is 19.1. The summed E-state index contributed by atoms with van der Waals surface area (Å²) in [4.78, 5) is 53.3. The molecule has 13 heteroatoms. The van der Waals surface area contributed by atoms with E-state index >= 15 is 0 Å². The summed E-state index contributed by atoms with van der Waals surface area (Å²) in [6, 6.07) is 14.5. The molecule has 1 unspecified atom stereocenters. The van der Waals surface area contributed by atoms with E-state index < -0.39 is 23.9 Å². The number of carboxylic acid groups (broad SMARTS) is 4. The zero-order valence-corrected chi connectivity index (χ0v) is 20.8. The van der Waals surface area contributed by atoms with E-state index in [4.69, 9.17) is 39.6 Å². The Labute approximate surface area is 217 Å². The van der Waals surface area contributed by atoms with Gasteiger partial charge in [-0.3, -0.25) is 14.6 Å². The lowest BCUT2D eigenvalue weighted by Gasteiger charge is -2.37. The first-order valence-corrected chi connectivity index (χ1v) is 11.3. The standard InChI is InChI=1S/C21H26FN3O.2C2H2O4/c1-16-7-9-19(10-8-16)23-21(26)17(2)25-13-11-24(12-14-25)15-18-5-3-4-6-20(18)22;2*3-1(4)2(5)6/h3-10,17H,11-15H2,1-2H3,(H,23,26);2*(H,3,4)(H,5,6). The van der Waals surface area contributed by atoms with Gasteiger partial charge in [-0.15, -0.1) is 0 Å². The molecule has 0 spiro atoms. The molecule has 38 heavy (non-hydrogen) atoms. The Morgan fingerprint density at radius 2 is 1.29 bits per heavy atom. The van der Waals surface area contributed by atoms with Gasteiger partial charge in [0.1, 0.15) is 5.82 Å². The third-order valence-electron chi connectivity index (χ3n) is 5.37. The van der Waals surface area contributed by atoms with Crippen LogP contribution in [0.4, 0.5) is 10.1 Å². The number of hydrogen-bond donors (Lipinski definition) is 5. The van der Waals surface area contributed by atoms with E-state index in [1.165, 1.54) is 11.6 Å². The van der Waals surface area contributed by atoms with Crippen molar-refractivity contribution in [3.63, 3.8) is 0 Å². The van der Waals surface area contributed by atoms with Gasteiger partial charge in [-0.25, -0.2) is 23.6 Å². The molecule has 0 bridgehead atoms. The minimum absolute atomic E-state index is 0.0106. The molecule has 1 fully saturated rings. The van der Waals surface area contributed by atoms with Crippen LogP contribution in [-0.2, 0) is 30.5 Å². The van der Waals surface area contributed by atoms with Gasteiger partial charge in [0, 0.05) is 44.0 Å². The van der Waals surface area contributed by atoms with Crippen LogP contribution in [0.1, 0.15) is 18.1 Å². The average molecular weight is 536 g/mol. The number of hydrogen-bond acceptors (Lipinski definition) is 7. The summed E-state index contributed by atoms with van der Waals surface area (Å²) >= 11 is 0. The van der Waals surface area contributed by atoms with E-state index in [2.05, 4.69) is 15.1 Å². The molecule has 3 rings (SSSR count). The van der Waals surface area contributed by atoms with Gasteiger partial charge >= 0.3 is 23.9 Å². The lowest BCUT2D eigenvalue weighted by atomic mass is 10.1. The lowest BCUT2D eigenvalue weighted by Crippen LogP contribution is -2.52. The maximum atomic E-state index is 13.8. The fourth-order valence-corrected chi connectivity index (χ4v) is 3.23. The van der Waals surface area contributed by atoms with Crippen LogP contribution in [0.15, 0.2) is 48.5 Å². The summed E-state index contributed by atoms with van der Waals surface area (Å²) in [6.07, 6.45) is 0. The number of aryl methyl sites for hydroxylation is 1. The third-order valence-corrected chi connectivity index (χ3v) is 5.37. The predicted molar refractivity (Wildman–Crippen MR) is 133 cm³/mol. The van der Waals surface area contributed by atoms with Gasteiger partial charge < -0.3 is 25.7 Å². The van der Waals surface area contributed by atoms with E-state index in [0.29, 0.717) is 6.54 Å². The number of carbonyl (C=O) groups excluding carboxylic acids is 1. The Morgan fingerprint density at radius 3 is 1.74 bits per heavy atom. The highest BCUT2D eigenvalue weighted by molar-refractivity contribution is 6.27. The van der Waals surface area contributed by atoms with Crippen molar-refractivity contribution in [2.75, 3.05) is 31.5 Å². The summed E-state index contributed by atoms with van der Waals surface area (Å²) in [6.45, 7) is 7.84. The van der Waals surface area contributed by atoms with Crippen LogP contribution >= 0.6 is 0 Å². The van der Waals surface area contributed by atoms with Crippen molar-refractivity contribution in [2.24, 2.45) is 0 Å². The Hall–Kier alpha value is -4.36. The van der Waals surface area contributed by atoms with E-state index in [1.54, 1.807) is 6.07 Å². The molecule has 1 heterocycles. The zero-order chi connectivity index (χ0) is 28.8. The first kappa shape index (κ1) is 31.7. The smallest absolute Gasteiger partial charge is 0.414 e. The number of amides is 1. The summed E-state index contributed by atoms with van der Waals surface area (Å²) < 4.78 is 13.8. The molecule has 0 radical (unpaired) electrons. The van der Waals surface area contributed by atoms with Crippen LogP contribution in [-0.4, -0.2) is 92.2 Å². The summed E-state index contributed by atoms with van der Waals surface area (Å²) in [5.74, 6) is -7.44. The van der Waals surface area contributed by atoms with Crippen LogP contribution in [0.2, 0.25) is 0 Å². The number of nitrogens with zero attached hydrogens (tertiary/aromatic N) is 2. The van der Waals surface area contributed by atoms with Crippen LogP contribution in [0.25, 0.3) is 0 Å². The van der Waals surface area contributed by atoms with Crippen molar-refractivity contribution >= 4 is 35.5 Å². The van der Waals surface area contributed by atoms with Gasteiger partial charge in [-0.1, -0.05) is 35.9 Å². The van der Waals surface area contributed by atoms with E-state index in [1.807, 2.05) is 50.2 Å². The SMILES string of the molecule is Cc1ccc(NC(=O)C(C)N2CCN(Cc3ccccc3F)CC2)cc1.O=C(O)C(=O)O.O=C(O)C(=O)O. The summed E-state index contributed by atoms with van der Waals surface area (Å²) in [5.41, 5.74) is 2.72. The highest BCUT2D eigenvalue weighted by Crippen LogP contribution is 2.15. The molecule has 206 valence electrons. The molecule has 2 aromatic rings. The minimum atomic E-state index is -1.82. The first-order chi connectivity index (χ1) is 17.8. The second-order valence-electron chi connectivity index (χ2n) is 8.16. The first-order valence-electron chi connectivity index (χ1n) is 11.3. The van der Waals surface area contributed by atoms with Gasteiger partial charge in [0.25, 0.3) is 0 Å². The zero-order valence-electron chi connectivity index (χ0n) is 20.8. The number of halogens is 1. The van der Waals surface area contributed by atoms with E-state index in [-0.39, 0.29) is 17.8 Å². The van der Waals surface area contributed by atoms with Gasteiger partial charge in [0.15, 0.2) is 0 Å². The molecule has 12 nitrogen and oxygen atoms in total. The molecule has 1 aliphatic rings. The number of benzene rings is 2. The topological polar surface area (TPSA) is 185 Å². The molecule has 5 N–H and O–H groups in total. The Balaban J connectivity index is 0.000000503. The lowest BCUT2D eigenvalue weighted by molar-refractivity contribution is -0.159. The quantitative estimate of drug-likeness (QED) is 0.350. The Kier molecular flexibility index (Phi) is 13.1. The molecule has 1 saturated heterocycles. The van der Waals surface area contributed by atoms with Crippen LogP contribution in [0.3, 0.4) is 0 Å². The number of carboxylic acids is 4. The van der Waals surface area contributed by atoms with E-state index in [0.717, 1.165) is 37.4 Å². The normalized spacial score (nSPS) is 14.0. The van der Waals surface area contributed by atoms with Crippen molar-refractivity contribution in [1.29, 1.82) is 0 Å². The fraction of sp³-hybridized carbons (Fsp3) is 0.320. The van der Waals surface area contributed by atoms with Crippen LogP contribution < -0.4 is 5.32 Å². The molecule has 0 saturated carbocycles. The highest BCUT2D eigenvalue weighted by Gasteiger charge is 2.26. The number of rotatable bonds is 5. The maximum absolute atomic E-state index is 13.8. The molecule has 0 aromatic heterocycles. The van der Waals surface area contributed by atoms with Crippen molar-refractivity contribution in [1.82, 2.24) is 9.80 Å². The van der Waals surface area contributed by atoms with Gasteiger partial charge in [0.2, 0.25) is 5.91 Å². The summed E-state index contributed by atoms with van der Waals surface area (Å²) in [7, 11) is 0. The largest absolute Gasteiger partial charge is 0.473 e. The number of piperazine rings is 1. The molecule has 1 aliphatic heterocycles. The van der Waals surface area contributed by atoms with Gasteiger partial charge in [-0.2, -0.15) is 0 Å². The van der Waals surface area contributed by atoms with E-state index in [9.17, 15) is 9.18 Å². The molecule has 2 aromatic carbocycles. The molecule has 1 amide bonds. The molecule has 1 atom stereocenters. The Morgan fingerprint density at radius 1 is 0.816 bits per heavy atom. The number of aliphatic carboxylic acids is 4. The molecule has 0 aliphatic carbocycles. The van der Waals surface area contributed by atoms with Crippen molar-refractivity contribution < 1.29 is 48.8 Å². The average Bonchev–Trinajstić information content (AvgIpc) is 2.87. The molecular weight excluding hydrogens is 505 g/mol. The van der Waals surface area contributed by atoms with Gasteiger partial charge in [-0.05, 0) is 32.0 Å². The molecular formula is C25H30FN3O9. The number of anilines is 1. The Bertz CT molecular complexity index is 1070. The maximum Gasteiger partial charge on any atom is 0.414 e. The number of carbonyl (C=O) groups is 5. The predicted octanol–water partition coefficient (Wildman–Crippen LogP) is 1.59. The monoisotopic (exact) mass is 535 g/mol. The van der Waals surface area contributed by atoms with Crippen molar-refractivity contribution in [3.05, 3.63) is 65.5 Å². The van der Waals surface area contributed by atoms with Crippen molar-refractivity contribution in [3.8, 4) is 0 Å². The second kappa shape index (κ2) is 15.7. The fourth-order valence-electron chi connectivity index (χ4n) is 3.23. The van der Waals surface area contributed by atoms with Crippen LogP contribution in [0, 0.1) is 12.7 Å². The van der Waals surface area contributed by atoms with Crippen molar-refractivity contribution in [2.45, 2.75) is 26.4 Å². The second-order valence-corrected chi connectivity index (χ2v) is 8.16. The van der Waals surface area contributed by atoms with Gasteiger partial charge in [0.05, 0.1) is 6.04 Å². The van der Waals surface area contributed by atoms with Crippen LogP contribution in [0.5, 0.6) is 0 Å². The third kappa shape index (κ3) is 11.6. The number of nitrogens with one attached hydrogen (secondary N) is 1. The summed E-state index contributed by atoms with van der Waals surface area (Å²) in [5, 5.41) is 32.5. The minimum Gasteiger partial charge on any atom is -0.473 e.